The number of hydrogen-bond acceptors (Lipinski definition) is 2. The molecule has 0 spiro atoms. The highest BCUT2D eigenvalue weighted by Crippen LogP contribution is 2.40. The highest BCUT2D eigenvalue weighted by molar-refractivity contribution is 14.1. The Morgan fingerprint density at radius 1 is 1.21 bits per heavy atom. The van der Waals surface area contributed by atoms with E-state index in [9.17, 15) is 0 Å². The SMILES string of the molecule is Cc1nn(C2CCCC(C(C)(C)C)CC2)c(N)c1I. The third kappa shape index (κ3) is 3.26. The van der Waals surface area contributed by atoms with Crippen LogP contribution in [0.25, 0.3) is 0 Å². The molecule has 108 valence electrons. The van der Waals surface area contributed by atoms with E-state index >= 15 is 0 Å². The molecule has 1 aliphatic carbocycles. The normalized spacial score (nSPS) is 25.3. The van der Waals surface area contributed by atoms with Crippen molar-refractivity contribution in [2.45, 2.75) is 65.8 Å². The molecule has 19 heavy (non-hydrogen) atoms. The van der Waals surface area contributed by atoms with Crippen LogP contribution in [-0.4, -0.2) is 9.78 Å². The van der Waals surface area contributed by atoms with Crippen molar-refractivity contribution in [1.29, 1.82) is 0 Å². The van der Waals surface area contributed by atoms with E-state index in [-0.39, 0.29) is 0 Å². The van der Waals surface area contributed by atoms with E-state index in [0.29, 0.717) is 11.5 Å². The minimum Gasteiger partial charge on any atom is -0.383 e. The van der Waals surface area contributed by atoms with Crippen LogP contribution in [0.15, 0.2) is 0 Å². The van der Waals surface area contributed by atoms with Gasteiger partial charge in [0.05, 0.1) is 15.3 Å². The quantitative estimate of drug-likeness (QED) is 0.578. The van der Waals surface area contributed by atoms with Crippen LogP contribution in [0.2, 0.25) is 0 Å². The molecule has 3 nitrogen and oxygen atoms in total. The smallest absolute Gasteiger partial charge is 0.135 e. The van der Waals surface area contributed by atoms with E-state index in [0.717, 1.165) is 21.0 Å². The van der Waals surface area contributed by atoms with Crippen molar-refractivity contribution in [2.75, 3.05) is 5.73 Å². The molecular formula is C15H26IN3. The fourth-order valence-corrected chi connectivity index (χ4v) is 3.57. The fraction of sp³-hybridized carbons (Fsp3) is 0.800. The maximum absolute atomic E-state index is 6.20. The Bertz CT molecular complexity index is 445. The molecule has 0 saturated heterocycles. The van der Waals surface area contributed by atoms with Crippen LogP contribution >= 0.6 is 22.6 Å². The van der Waals surface area contributed by atoms with Gasteiger partial charge in [0.25, 0.3) is 0 Å². The summed E-state index contributed by atoms with van der Waals surface area (Å²) in [6.07, 6.45) is 6.36. The summed E-state index contributed by atoms with van der Waals surface area (Å²) in [5.74, 6) is 1.69. The van der Waals surface area contributed by atoms with Crippen molar-refractivity contribution in [1.82, 2.24) is 9.78 Å². The van der Waals surface area contributed by atoms with E-state index in [2.05, 4.69) is 53.1 Å². The summed E-state index contributed by atoms with van der Waals surface area (Å²) in [4.78, 5) is 0. The van der Waals surface area contributed by atoms with Gasteiger partial charge in [-0.3, -0.25) is 0 Å². The van der Waals surface area contributed by atoms with Crippen LogP contribution in [0.1, 0.15) is 64.6 Å². The second-order valence-corrected chi connectivity index (χ2v) is 8.03. The summed E-state index contributed by atoms with van der Waals surface area (Å²) in [5, 5.41) is 4.65. The number of aryl methyl sites for hydroxylation is 1. The lowest BCUT2D eigenvalue weighted by Gasteiger charge is -2.29. The molecule has 0 radical (unpaired) electrons. The van der Waals surface area contributed by atoms with E-state index in [1.54, 1.807) is 0 Å². The zero-order valence-electron chi connectivity index (χ0n) is 12.5. The number of rotatable bonds is 1. The molecule has 0 amide bonds. The number of nitrogen functional groups attached to an aromatic ring is 1. The Balaban J connectivity index is 2.13. The maximum atomic E-state index is 6.20. The zero-order chi connectivity index (χ0) is 14.2. The number of nitrogens with two attached hydrogens (primary N) is 1. The van der Waals surface area contributed by atoms with Gasteiger partial charge in [-0.1, -0.05) is 27.2 Å². The Labute approximate surface area is 130 Å². The molecule has 1 aromatic heterocycles. The highest BCUT2D eigenvalue weighted by atomic mass is 127. The molecule has 0 aromatic carbocycles. The van der Waals surface area contributed by atoms with Crippen LogP contribution in [0.4, 0.5) is 5.82 Å². The predicted octanol–water partition coefficient (Wildman–Crippen LogP) is 4.55. The second kappa shape index (κ2) is 5.62. The average Bonchev–Trinajstić information content (AvgIpc) is 2.57. The molecule has 0 aliphatic heterocycles. The minimum absolute atomic E-state index is 0.425. The topological polar surface area (TPSA) is 43.8 Å². The second-order valence-electron chi connectivity index (χ2n) is 6.95. The van der Waals surface area contributed by atoms with Crippen molar-refractivity contribution in [3.05, 3.63) is 9.26 Å². The Hall–Kier alpha value is -0.260. The van der Waals surface area contributed by atoms with Gasteiger partial charge in [0, 0.05) is 0 Å². The summed E-state index contributed by atoms with van der Waals surface area (Å²) in [7, 11) is 0. The van der Waals surface area contributed by atoms with Crippen molar-refractivity contribution < 1.29 is 0 Å². The summed E-state index contributed by atoms with van der Waals surface area (Å²) >= 11 is 2.30. The molecular weight excluding hydrogens is 349 g/mol. The maximum Gasteiger partial charge on any atom is 0.135 e. The number of hydrogen-bond donors (Lipinski definition) is 1. The van der Waals surface area contributed by atoms with Gasteiger partial charge in [0.2, 0.25) is 0 Å². The van der Waals surface area contributed by atoms with Gasteiger partial charge >= 0.3 is 0 Å². The summed E-state index contributed by atoms with van der Waals surface area (Å²) < 4.78 is 3.21. The van der Waals surface area contributed by atoms with Gasteiger partial charge in [-0.25, -0.2) is 4.68 Å². The molecule has 1 heterocycles. The van der Waals surface area contributed by atoms with E-state index in [1.165, 1.54) is 32.1 Å². The van der Waals surface area contributed by atoms with Gasteiger partial charge in [-0.15, -0.1) is 0 Å². The van der Waals surface area contributed by atoms with E-state index < -0.39 is 0 Å². The van der Waals surface area contributed by atoms with E-state index in [4.69, 9.17) is 5.73 Å². The largest absolute Gasteiger partial charge is 0.383 e. The fourth-order valence-electron chi connectivity index (χ4n) is 3.22. The Kier molecular flexibility index (Phi) is 4.48. The molecule has 1 saturated carbocycles. The van der Waals surface area contributed by atoms with Gasteiger partial charge in [0.1, 0.15) is 5.82 Å². The number of aromatic nitrogens is 2. The van der Waals surface area contributed by atoms with Crippen LogP contribution in [-0.2, 0) is 0 Å². The third-order valence-corrected chi connectivity index (χ3v) is 5.89. The van der Waals surface area contributed by atoms with Crippen LogP contribution in [0.3, 0.4) is 0 Å². The Morgan fingerprint density at radius 2 is 1.89 bits per heavy atom. The van der Waals surface area contributed by atoms with Gasteiger partial charge < -0.3 is 5.73 Å². The first kappa shape index (κ1) is 15.1. The third-order valence-electron chi connectivity index (χ3n) is 4.56. The van der Waals surface area contributed by atoms with Crippen LogP contribution in [0.5, 0.6) is 0 Å². The molecule has 1 fully saturated rings. The summed E-state index contributed by atoms with van der Waals surface area (Å²) in [5.41, 5.74) is 7.69. The molecule has 1 aliphatic rings. The van der Waals surface area contributed by atoms with Crippen molar-refractivity contribution >= 4 is 28.4 Å². The highest BCUT2D eigenvalue weighted by Gasteiger charge is 2.29. The molecule has 1 aromatic rings. The minimum atomic E-state index is 0.425. The van der Waals surface area contributed by atoms with E-state index in [1.807, 2.05) is 6.92 Å². The number of halogens is 1. The van der Waals surface area contributed by atoms with Gasteiger partial charge in [-0.05, 0) is 66.5 Å². The Morgan fingerprint density at radius 3 is 2.42 bits per heavy atom. The average molecular weight is 375 g/mol. The van der Waals surface area contributed by atoms with Crippen molar-refractivity contribution in [3.63, 3.8) is 0 Å². The standard InChI is InChI=1S/C15H26IN3/c1-10-13(16)14(17)19(18-10)12-7-5-6-11(8-9-12)15(2,3)4/h11-12H,5-9,17H2,1-4H3. The van der Waals surface area contributed by atoms with Crippen molar-refractivity contribution in [3.8, 4) is 0 Å². The van der Waals surface area contributed by atoms with Crippen molar-refractivity contribution in [2.24, 2.45) is 11.3 Å². The monoisotopic (exact) mass is 375 g/mol. The molecule has 0 bridgehead atoms. The number of anilines is 1. The zero-order valence-corrected chi connectivity index (χ0v) is 14.7. The molecule has 4 heteroatoms. The lowest BCUT2D eigenvalue weighted by molar-refractivity contribution is 0.212. The first-order valence-corrected chi connectivity index (χ1v) is 8.38. The number of nitrogens with zero attached hydrogens (tertiary/aromatic N) is 2. The lowest BCUT2D eigenvalue weighted by Crippen LogP contribution is -2.20. The van der Waals surface area contributed by atoms with Crippen LogP contribution < -0.4 is 5.73 Å². The van der Waals surface area contributed by atoms with Gasteiger partial charge in [-0.2, -0.15) is 5.10 Å². The molecule has 2 N–H and O–H groups in total. The first-order valence-electron chi connectivity index (χ1n) is 7.30. The molecule has 2 rings (SSSR count). The summed E-state index contributed by atoms with van der Waals surface area (Å²) in [6.45, 7) is 9.15. The predicted molar refractivity (Wildman–Crippen MR) is 89.2 cm³/mol. The molecule has 2 unspecified atom stereocenters. The lowest BCUT2D eigenvalue weighted by atomic mass is 9.76. The van der Waals surface area contributed by atoms with Gasteiger partial charge in [0.15, 0.2) is 0 Å². The van der Waals surface area contributed by atoms with Crippen LogP contribution in [0, 0.1) is 21.8 Å². The summed E-state index contributed by atoms with van der Waals surface area (Å²) in [6, 6.07) is 0.495. The first-order chi connectivity index (χ1) is 8.80. The molecule has 2 atom stereocenters.